The standard InChI is InChI=1S/C16H34N2O2/c1-6-17-15-7-8-16(2,3)9-13(15)10-18(4)11-14(19)12-20-5/h13-15,17,19H,6-12H2,1-5H3. The number of methoxy groups -OCH3 is 1. The number of aliphatic hydroxyl groups is 1. The molecule has 0 aromatic rings. The summed E-state index contributed by atoms with van der Waals surface area (Å²) in [5.74, 6) is 0.665. The lowest BCUT2D eigenvalue weighted by Crippen LogP contribution is -2.48. The van der Waals surface area contributed by atoms with Crippen LogP contribution in [0.5, 0.6) is 0 Å². The summed E-state index contributed by atoms with van der Waals surface area (Å²) in [4.78, 5) is 2.25. The summed E-state index contributed by atoms with van der Waals surface area (Å²) in [6, 6.07) is 0.620. The van der Waals surface area contributed by atoms with Crippen LogP contribution in [0.25, 0.3) is 0 Å². The van der Waals surface area contributed by atoms with Gasteiger partial charge >= 0.3 is 0 Å². The molecule has 4 nitrogen and oxygen atoms in total. The van der Waals surface area contributed by atoms with Crippen LogP contribution < -0.4 is 5.32 Å². The third-order valence-electron chi connectivity index (χ3n) is 4.41. The molecule has 0 aliphatic heterocycles. The van der Waals surface area contributed by atoms with Crippen LogP contribution in [0.1, 0.15) is 40.0 Å². The van der Waals surface area contributed by atoms with Crippen LogP contribution in [0, 0.1) is 11.3 Å². The molecule has 0 aromatic heterocycles. The number of aliphatic hydroxyl groups excluding tert-OH is 1. The molecule has 1 aliphatic carbocycles. The van der Waals surface area contributed by atoms with Gasteiger partial charge in [-0.15, -0.1) is 0 Å². The molecule has 120 valence electrons. The van der Waals surface area contributed by atoms with Crippen LogP contribution in [-0.4, -0.2) is 62.6 Å². The van der Waals surface area contributed by atoms with Gasteiger partial charge in [0.1, 0.15) is 0 Å². The van der Waals surface area contributed by atoms with Crippen LogP contribution in [-0.2, 0) is 4.74 Å². The highest BCUT2D eigenvalue weighted by Crippen LogP contribution is 2.39. The zero-order valence-electron chi connectivity index (χ0n) is 14.0. The van der Waals surface area contributed by atoms with Crippen molar-refractivity contribution < 1.29 is 9.84 Å². The van der Waals surface area contributed by atoms with Crippen LogP contribution in [0.4, 0.5) is 0 Å². The van der Waals surface area contributed by atoms with Gasteiger partial charge in [0, 0.05) is 26.2 Å². The molecule has 1 saturated carbocycles. The fourth-order valence-corrected chi connectivity index (χ4v) is 3.54. The molecule has 1 rings (SSSR count). The number of ether oxygens (including phenoxy) is 1. The lowest BCUT2D eigenvalue weighted by Gasteiger charge is -2.42. The van der Waals surface area contributed by atoms with Gasteiger partial charge in [0.05, 0.1) is 12.7 Å². The van der Waals surface area contributed by atoms with E-state index in [0.717, 1.165) is 13.1 Å². The van der Waals surface area contributed by atoms with E-state index in [1.165, 1.54) is 19.3 Å². The Morgan fingerprint density at radius 1 is 1.45 bits per heavy atom. The molecule has 0 aromatic carbocycles. The van der Waals surface area contributed by atoms with Crippen molar-refractivity contribution >= 4 is 0 Å². The summed E-state index contributed by atoms with van der Waals surface area (Å²) in [7, 11) is 3.73. The Morgan fingerprint density at radius 3 is 2.75 bits per heavy atom. The summed E-state index contributed by atoms with van der Waals surface area (Å²) in [5, 5.41) is 13.5. The van der Waals surface area contributed by atoms with Gasteiger partial charge < -0.3 is 20.1 Å². The van der Waals surface area contributed by atoms with Gasteiger partial charge in [0.25, 0.3) is 0 Å². The lowest BCUT2D eigenvalue weighted by molar-refractivity contribution is 0.0325. The molecule has 0 amide bonds. The van der Waals surface area contributed by atoms with Crippen molar-refractivity contribution in [3.63, 3.8) is 0 Å². The van der Waals surface area contributed by atoms with Gasteiger partial charge in [0.15, 0.2) is 0 Å². The summed E-state index contributed by atoms with van der Waals surface area (Å²) in [6.45, 7) is 10.1. The predicted octanol–water partition coefficient (Wildman–Crippen LogP) is 1.73. The highest BCUT2D eigenvalue weighted by molar-refractivity contribution is 4.90. The Morgan fingerprint density at radius 2 is 2.15 bits per heavy atom. The minimum Gasteiger partial charge on any atom is -0.389 e. The van der Waals surface area contributed by atoms with Crippen LogP contribution in [0.3, 0.4) is 0 Å². The maximum Gasteiger partial charge on any atom is 0.0899 e. The second-order valence-electron chi connectivity index (χ2n) is 7.16. The Labute approximate surface area is 124 Å². The zero-order chi connectivity index (χ0) is 15.2. The van der Waals surface area contributed by atoms with Crippen molar-refractivity contribution in [3.05, 3.63) is 0 Å². The van der Waals surface area contributed by atoms with Gasteiger partial charge in [-0.1, -0.05) is 20.8 Å². The van der Waals surface area contributed by atoms with Gasteiger partial charge in [-0.05, 0) is 44.2 Å². The van der Waals surface area contributed by atoms with Crippen LogP contribution >= 0.6 is 0 Å². The maximum absolute atomic E-state index is 9.84. The van der Waals surface area contributed by atoms with E-state index >= 15 is 0 Å². The first kappa shape index (κ1) is 17.9. The van der Waals surface area contributed by atoms with Crippen molar-refractivity contribution in [2.24, 2.45) is 11.3 Å². The number of hydrogen-bond acceptors (Lipinski definition) is 4. The van der Waals surface area contributed by atoms with Crippen molar-refractivity contribution in [1.82, 2.24) is 10.2 Å². The molecule has 0 radical (unpaired) electrons. The molecule has 0 bridgehead atoms. The van der Waals surface area contributed by atoms with E-state index in [0.29, 0.717) is 30.5 Å². The van der Waals surface area contributed by atoms with E-state index in [9.17, 15) is 5.11 Å². The SMILES string of the molecule is CCNC1CCC(C)(C)CC1CN(C)CC(O)COC. The average Bonchev–Trinajstić information content (AvgIpc) is 2.32. The number of likely N-dealkylation sites (N-methyl/N-ethyl adjacent to an activating group) is 1. The lowest BCUT2D eigenvalue weighted by atomic mass is 9.69. The number of rotatable bonds is 8. The first-order valence-electron chi connectivity index (χ1n) is 7.97. The first-order valence-corrected chi connectivity index (χ1v) is 7.97. The van der Waals surface area contributed by atoms with E-state index in [1.54, 1.807) is 7.11 Å². The topological polar surface area (TPSA) is 44.7 Å². The van der Waals surface area contributed by atoms with E-state index in [-0.39, 0.29) is 6.10 Å². The van der Waals surface area contributed by atoms with E-state index < -0.39 is 0 Å². The van der Waals surface area contributed by atoms with E-state index in [1.807, 2.05) is 0 Å². The monoisotopic (exact) mass is 286 g/mol. The van der Waals surface area contributed by atoms with Crippen molar-refractivity contribution in [3.8, 4) is 0 Å². The Hall–Kier alpha value is -0.160. The molecule has 2 N–H and O–H groups in total. The summed E-state index contributed by atoms with van der Waals surface area (Å²) in [5.41, 5.74) is 0.447. The molecule has 0 spiro atoms. The molecule has 3 atom stereocenters. The van der Waals surface area contributed by atoms with Crippen molar-refractivity contribution in [2.45, 2.75) is 52.2 Å². The highest BCUT2D eigenvalue weighted by Gasteiger charge is 2.34. The van der Waals surface area contributed by atoms with Gasteiger partial charge in [-0.2, -0.15) is 0 Å². The maximum atomic E-state index is 9.84. The van der Waals surface area contributed by atoms with Gasteiger partial charge in [0.2, 0.25) is 0 Å². The van der Waals surface area contributed by atoms with Crippen molar-refractivity contribution in [1.29, 1.82) is 0 Å². The quantitative estimate of drug-likeness (QED) is 0.713. The summed E-state index contributed by atoms with van der Waals surface area (Å²) < 4.78 is 5.00. The normalized spacial score (nSPS) is 27.8. The fourth-order valence-electron chi connectivity index (χ4n) is 3.54. The van der Waals surface area contributed by atoms with Crippen LogP contribution in [0.2, 0.25) is 0 Å². The molecule has 1 aliphatic rings. The summed E-state index contributed by atoms with van der Waals surface area (Å²) in [6.07, 6.45) is 3.44. The molecule has 4 heteroatoms. The predicted molar refractivity (Wildman–Crippen MR) is 84.0 cm³/mol. The Bertz CT molecular complexity index is 271. The minimum atomic E-state index is -0.390. The third-order valence-corrected chi connectivity index (χ3v) is 4.41. The van der Waals surface area contributed by atoms with Gasteiger partial charge in [-0.3, -0.25) is 0 Å². The van der Waals surface area contributed by atoms with E-state index in [2.05, 4.69) is 38.0 Å². The Kier molecular flexibility index (Phi) is 7.45. The average molecular weight is 286 g/mol. The molecular formula is C16H34N2O2. The number of nitrogens with one attached hydrogen (secondary N) is 1. The molecule has 0 heterocycles. The molecule has 1 fully saturated rings. The zero-order valence-corrected chi connectivity index (χ0v) is 14.0. The highest BCUT2D eigenvalue weighted by atomic mass is 16.5. The van der Waals surface area contributed by atoms with E-state index in [4.69, 9.17) is 4.74 Å². The number of hydrogen-bond donors (Lipinski definition) is 2. The summed E-state index contributed by atoms with van der Waals surface area (Å²) >= 11 is 0. The first-order chi connectivity index (χ1) is 9.38. The largest absolute Gasteiger partial charge is 0.389 e. The smallest absolute Gasteiger partial charge is 0.0899 e. The van der Waals surface area contributed by atoms with Gasteiger partial charge in [-0.25, -0.2) is 0 Å². The second-order valence-corrected chi connectivity index (χ2v) is 7.16. The Balaban J connectivity index is 2.51. The third kappa shape index (κ3) is 6.08. The molecular weight excluding hydrogens is 252 g/mol. The van der Waals surface area contributed by atoms with Crippen LogP contribution in [0.15, 0.2) is 0 Å². The molecule has 0 saturated heterocycles. The second kappa shape index (κ2) is 8.32. The molecule has 3 unspecified atom stereocenters. The number of nitrogens with zero attached hydrogens (tertiary/aromatic N) is 1. The minimum absolute atomic E-state index is 0.390. The molecule has 20 heavy (non-hydrogen) atoms. The fraction of sp³-hybridized carbons (Fsp3) is 1.00. The van der Waals surface area contributed by atoms with Crippen molar-refractivity contribution in [2.75, 3.05) is 40.4 Å².